The van der Waals surface area contributed by atoms with Crippen molar-refractivity contribution >= 4 is 38.6 Å². The Morgan fingerprint density at radius 2 is 1.59 bits per heavy atom. The van der Waals surface area contributed by atoms with E-state index in [0.29, 0.717) is 16.7 Å². The molecule has 10 nitrogen and oxygen atoms in total. The van der Waals surface area contributed by atoms with Gasteiger partial charge in [0.05, 0.1) is 15.9 Å². The second kappa shape index (κ2) is 8.97. The standard InChI is InChI=1S/C21H23N5O5S/c27-19(22-15-6-7-17-18(14-15)24-21(29)23-17)8-9-20(28)25-10-12-26(13-11-25)32(30,31)16-4-2-1-3-5-16/h1-7,14H,8-13H2,(H,22,27)(H2,23,24,29). The number of nitrogens with zero attached hydrogens (tertiary/aromatic N) is 2. The van der Waals surface area contributed by atoms with Gasteiger partial charge in [-0.1, -0.05) is 18.2 Å². The maximum Gasteiger partial charge on any atom is 0.323 e. The monoisotopic (exact) mass is 457 g/mol. The minimum absolute atomic E-state index is 0.00303. The molecule has 32 heavy (non-hydrogen) atoms. The van der Waals surface area contributed by atoms with Crippen molar-refractivity contribution in [3.63, 3.8) is 0 Å². The summed E-state index contributed by atoms with van der Waals surface area (Å²) < 4.78 is 26.7. The molecule has 0 unspecified atom stereocenters. The van der Waals surface area contributed by atoms with Crippen LogP contribution in [-0.2, 0) is 19.6 Å². The van der Waals surface area contributed by atoms with Crippen molar-refractivity contribution in [3.05, 3.63) is 59.0 Å². The molecule has 4 rings (SSSR count). The SMILES string of the molecule is O=C(CCC(=O)N1CCN(S(=O)(=O)c2ccccc2)CC1)Nc1ccc2[nH]c(=O)[nH]c2c1. The second-order valence-corrected chi connectivity index (χ2v) is 9.42. The smallest absolute Gasteiger partial charge is 0.323 e. The number of aromatic amines is 2. The Hall–Kier alpha value is -3.44. The van der Waals surface area contributed by atoms with Crippen molar-refractivity contribution < 1.29 is 18.0 Å². The molecule has 1 saturated heterocycles. The van der Waals surface area contributed by atoms with Gasteiger partial charge in [-0.15, -0.1) is 0 Å². The van der Waals surface area contributed by atoms with Gasteiger partial charge < -0.3 is 20.2 Å². The van der Waals surface area contributed by atoms with E-state index in [-0.39, 0.29) is 61.4 Å². The van der Waals surface area contributed by atoms with Crippen molar-refractivity contribution in [2.24, 2.45) is 0 Å². The predicted octanol–water partition coefficient (Wildman–Crippen LogP) is 1.11. The summed E-state index contributed by atoms with van der Waals surface area (Å²) in [5.41, 5.74) is 1.40. The first kappa shape index (κ1) is 21.8. The van der Waals surface area contributed by atoms with E-state index in [1.165, 1.54) is 4.31 Å². The lowest BCUT2D eigenvalue weighted by atomic mass is 10.2. The first-order chi connectivity index (χ1) is 15.3. The highest BCUT2D eigenvalue weighted by Gasteiger charge is 2.29. The van der Waals surface area contributed by atoms with Crippen molar-refractivity contribution in [3.8, 4) is 0 Å². The molecule has 3 aromatic rings. The second-order valence-electron chi connectivity index (χ2n) is 7.49. The summed E-state index contributed by atoms with van der Waals surface area (Å²) in [6.07, 6.45) is 0.0313. The van der Waals surface area contributed by atoms with Crippen molar-refractivity contribution in [1.82, 2.24) is 19.2 Å². The van der Waals surface area contributed by atoms with Gasteiger partial charge in [-0.05, 0) is 30.3 Å². The molecular formula is C21H23N5O5S. The summed E-state index contributed by atoms with van der Waals surface area (Å²) in [4.78, 5) is 43.1. The molecule has 2 aromatic carbocycles. The Morgan fingerprint density at radius 3 is 2.31 bits per heavy atom. The van der Waals surface area contributed by atoms with Gasteiger partial charge in [0.2, 0.25) is 21.8 Å². The van der Waals surface area contributed by atoms with Gasteiger partial charge in [0, 0.05) is 44.7 Å². The maximum atomic E-state index is 12.7. The minimum atomic E-state index is -3.58. The highest BCUT2D eigenvalue weighted by molar-refractivity contribution is 7.89. The summed E-state index contributed by atoms with van der Waals surface area (Å²) in [7, 11) is -3.58. The van der Waals surface area contributed by atoms with Crippen molar-refractivity contribution in [1.29, 1.82) is 0 Å². The van der Waals surface area contributed by atoms with E-state index in [4.69, 9.17) is 0 Å². The molecule has 2 amide bonds. The number of hydrogen-bond acceptors (Lipinski definition) is 5. The van der Waals surface area contributed by atoms with E-state index in [2.05, 4.69) is 15.3 Å². The molecule has 11 heteroatoms. The number of aromatic nitrogens is 2. The molecule has 0 saturated carbocycles. The number of rotatable bonds is 6. The van der Waals surface area contributed by atoms with Gasteiger partial charge in [0.25, 0.3) is 0 Å². The van der Waals surface area contributed by atoms with E-state index in [0.717, 1.165) is 0 Å². The molecule has 3 N–H and O–H groups in total. The zero-order valence-corrected chi connectivity index (χ0v) is 18.0. The highest BCUT2D eigenvalue weighted by Crippen LogP contribution is 2.18. The first-order valence-electron chi connectivity index (χ1n) is 10.2. The Labute approximate surface area is 184 Å². The molecular weight excluding hydrogens is 434 g/mol. The maximum absolute atomic E-state index is 12.7. The summed E-state index contributed by atoms with van der Waals surface area (Å²) >= 11 is 0. The van der Waals surface area contributed by atoms with E-state index >= 15 is 0 Å². The van der Waals surface area contributed by atoms with Crippen LogP contribution in [0.5, 0.6) is 0 Å². The molecule has 1 aliphatic heterocycles. The van der Waals surface area contributed by atoms with Crippen LogP contribution in [0.1, 0.15) is 12.8 Å². The van der Waals surface area contributed by atoms with Crippen LogP contribution in [0.4, 0.5) is 5.69 Å². The van der Waals surface area contributed by atoms with Crippen molar-refractivity contribution in [2.75, 3.05) is 31.5 Å². The van der Waals surface area contributed by atoms with Gasteiger partial charge >= 0.3 is 5.69 Å². The van der Waals surface area contributed by atoms with Crippen LogP contribution in [0.25, 0.3) is 11.0 Å². The Morgan fingerprint density at radius 1 is 0.906 bits per heavy atom. The molecule has 168 valence electrons. The third-order valence-electron chi connectivity index (χ3n) is 5.34. The molecule has 1 fully saturated rings. The van der Waals surface area contributed by atoms with E-state index in [1.54, 1.807) is 53.4 Å². The summed E-state index contributed by atoms with van der Waals surface area (Å²) in [5, 5.41) is 2.71. The van der Waals surface area contributed by atoms with E-state index in [9.17, 15) is 22.8 Å². The molecule has 0 aliphatic carbocycles. The average Bonchev–Trinajstić information content (AvgIpc) is 3.17. The van der Waals surface area contributed by atoms with Gasteiger partial charge in [-0.2, -0.15) is 4.31 Å². The summed E-state index contributed by atoms with van der Waals surface area (Å²) in [6.45, 7) is 0.988. The lowest BCUT2D eigenvalue weighted by molar-refractivity contribution is -0.133. The Kier molecular flexibility index (Phi) is 6.10. The number of imidazole rings is 1. The Bertz CT molecular complexity index is 1290. The molecule has 0 radical (unpaired) electrons. The normalized spacial score (nSPS) is 15.1. The van der Waals surface area contributed by atoms with Crippen LogP contribution in [0.3, 0.4) is 0 Å². The molecule has 2 heterocycles. The van der Waals surface area contributed by atoms with Crippen LogP contribution in [0, 0.1) is 0 Å². The fraction of sp³-hybridized carbons (Fsp3) is 0.286. The number of H-pyrrole nitrogens is 2. The highest BCUT2D eigenvalue weighted by atomic mass is 32.2. The quantitative estimate of drug-likeness (QED) is 0.510. The predicted molar refractivity (Wildman–Crippen MR) is 119 cm³/mol. The topological polar surface area (TPSA) is 135 Å². The van der Waals surface area contributed by atoms with Gasteiger partial charge in [-0.3, -0.25) is 9.59 Å². The average molecular weight is 458 g/mol. The summed E-state index contributed by atoms with van der Waals surface area (Å²) in [5.74, 6) is -0.511. The van der Waals surface area contributed by atoms with Crippen LogP contribution in [0.15, 0.2) is 58.2 Å². The third-order valence-corrected chi connectivity index (χ3v) is 7.25. The lowest BCUT2D eigenvalue weighted by Crippen LogP contribution is -2.50. The first-order valence-corrected chi connectivity index (χ1v) is 11.6. The van der Waals surface area contributed by atoms with E-state index in [1.807, 2.05) is 0 Å². The Balaban J connectivity index is 1.26. The number of sulfonamides is 1. The molecule has 0 bridgehead atoms. The number of anilines is 1. The van der Waals surface area contributed by atoms with E-state index < -0.39 is 10.0 Å². The number of benzene rings is 2. The number of fused-ring (bicyclic) bond motifs is 1. The van der Waals surface area contributed by atoms with Gasteiger partial charge in [0.1, 0.15) is 0 Å². The van der Waals surface area contributed by atoms with Crippen molar-refractivity contribution in [2.45, 2.75) is 17.7 Å². The fourth-order valence-electron chi connectivity index (χ4n) is 3.63. The number of carbonyl (C=O) groups excluding carboxylic acids is 2. The summed E-state index contributed by atoms with van der Waals surface area (Å²) in [6, 6.07) is 13.2. The molecule has 0 spiro atoms. The van der Waals surface area contributed by atoms with Crippen LogP contribution in [0.2, 0.25) is 0 Å². The third kappa shape index (κ3) is 4.73. The van der Waals surface area contributed by atoms with Gasteiger partial charge in [0.15, 0.2) is 0 Å². The molecule has 0 atom stereocenters. The minimum Gasteiger partial charge on any atom is -0.340 e. The lowest BCUT2D eigenvalue weighted by Gasteiger charge is -2.34. The zero-order valence-electron chi connectivity index (χ0n) is 17.2. The largest absolute Gasteiger partial charge is 0.340 e. The van der Waals surface area contributed by atoms with Crippen LogP contribution in [-0.4, -0.2) is 65.6 Å². The number of amides is 2. The molecule has 1 aromatic heterocycles. The van der Waals surface area contributed by atoms with Gasteiger partial charge in [-0.25, -0.2) is 13.2 Å². The molecule has 1 aliphatic rings. The van der Waals surface area contributed by atoms with Crippen LogP contribution < -0.4 is 11.0 Å². The zero-order chi connectivity index (χ0) is 22.7. The number of nitrogens with one attached hydrogen (secondary N) is 3. The number of carbonyl (C=O) groups is 2. The number of piperazine rings is 1. The van der Waals surface area contributed by atoms with Crippen LogP contribution >= 0.6 is 0 Å². The fourth-order valence-corrected chi connectivity index (χ4v) is 5.07. The number of hydrogen-bond donors (Lipinski definition) is 3.